The number of β-amino-alcohol motifs (C(OH)–C–C–N with tert-alkyl or cyclic N) is 1. The van der Waals surface area contributed by atoms with Crippen molar-refractivity contribution < 1.29 is 14.6 Å². The van der Waals surface area contributed by atoms with E-state index >= 15 is 0 Å². The lowest BCUT2D eigenvalue weighted by Crippen LogP contribution is -2.32. The van der Waals surface area contributed by atoms with Crippen LogP contribution in [0.3, 0.4) is 0 Å². The largest absolute Gasteiger partial charge is 0.497 e. The molecule has 0 unspecified atom stereocenters. The van der Waals surface area contributed by atoms with Crippen molar-refractivity contribution >= 4 is 5.91 Å². The number of methoxy groups -OCH3 is 1. The van der Waals surface area contributed by atoms with E-state index in [1.165, 1.54) is 0 Å². The number of aliphatic hydroxyl groups excluding tert-OH is 1. The zero-order valence-corrected chi connectivity index (χ0v) is 14.1. The summed E-state index contributed by atoms with van der Waals surface area (Å²) in [6, 6.07) is 12.5. The molecule has 128 valence electrons. The van der Waals surface area contributed by atoms with Crippen LogP contribution in [0.4, 0.5) is 0 Å². The van der Waals surface area contributed by atoms with Crippen LogP contribution in [0.1, 0.15) is 39.8 Å². The molecule has 0 spiro atoms. The van der Waals surface area contributed by atoms with Gasteiger partial charge in [0.05, 0.1) is 30.5 Å². The van der Waals surface area contributed by atoms with Crippen molar-refractivity contribution in [3.63, 3.8) is 0 Å². The van der Waals surface area contributed by atoms with Crippen LogP contribution in [0.2, 0.25) is 0 Å². The number of nitrogens with zero attached hydrogens (tertiary/aromatic N) is 3. The van der Waals surface area contributed by atoms with Crippen molar-refractivity contribution in [2.75, 3.05) is 13.7 Å². The standard InChI is InChI=1S/C19H19N3O3/c1-12-14(10-20)6-7-17(21-12)19(24)22-11-15(23)9-18(22)13-4-3-5-16(8-13)25-2/h3-8,15,18,23H,9,11H2,1-2H3/t15-,18+/m0/s1. The Kier molecular flexibility index (Phi) is 4.68. The van der Waals surface area contributed by atoms with Gasteiger partial charge in [-0.25, -0.2) is 4.98 Å². The van der Waals surface area contributed by atoms with Gasteiger partial charge in [-0.1, -0.05) is 12.1 Å². The summed E-state index contributed by atoms with van der Waals surface area (Å²) in [6.45, 7) is 1.95. The highest BCUT2D eigenvalue weighted by Crippen LogP contribution is 2.34. The maximum absolute atomic E-state index is 12.9. The molecule has 1 aliphatic heterocycles. The van der Waals surface area contributed by atoms with Crippen molar-refractivity contribution in [1.29, 1.82) is 5.26 Å². The first-order chi connectivity index (χ1) is 12.0. The summed E-state index contributed by atoms with van der Waals surface area (Å²) in [5.41, 5.74) is 2.15. The van der Waals surface area contributed by atoms with Gasteiger partial charge in [-0.3, -0.25) is 4.79 Å². The van der Waals surface area contributed by atoms with Crippen molar-refractivity contribution in [2.45, 2.75) is 25.5 Å². The molecule has 1 aromatic carbocycles. The lowest BCUT2D eigenvalue weighted by molar-refractivity contribution is 0.0709. The zero-order chi connectivity index (χ0) is 18.0. The normalized spacial score (nSPS) is 19.5. The molecule has 1 fully saturated rings. The molecule has 6 heteroatoms. The molecule has 1 amide bonds. The van der Waals surface area contributed by atoms with E-state index in [0.717, 1.165) is 5.56 Å². The van der Waals surface area contributed by atoms with Crippen molar-refractivity contribution in [2.24, 2.45) is 0 Å². The Bertz CT molecular complexity index is 844. The molecular formula is C19H19N3O3. The molecule has 6 nitrogen and oxygen atoms in total. The number of nitriles is 1. The number of carbonyl (C=O) groups is 1. The van der Waals surface area contributed by atoms with Gasteiger partial charge < -0.3 is 14.7 Å². The first-order valence-corrected chi connectivity index (χ1v) is 8.04. The maximum atomic E-state index is 12.9. The third-order valence-corrected chi connectivity index (χ3v) is 4.44. The van der Waals surface area contributed by atoms with Gasteiger partial charge in [0.25, 0.3) is 5.91 Å². The molecule has 1 aromatic heterocycles. The van der Waals surface area contributed by atoms with Gasteiger partial charge in [0.2, 0.25) is 0 Å². The minimum absolute atomic E-state index is 0.240. The summed E-state index contributed by atoms with van der Waals surface area (Å²) in [4.78, 5) is 18.8. The van der Waals surface area contributed by atoms with E-state index in [1.54, 1.807) is 31.1 Å². The highest BCUT2D eigenvalue weighted by molar-refractivity contribution is 5.93. The second-order valence-corrected chi connectivity index (χ2v) is 6.08. The summed E-state index contributed by atoms with van der Waals surface area (Å²) in [5, 5.41) is 19.1. The topological polar surface area (TPSA) is 86.5 Å². The third-order valence-electron chi connectivity index (χ3n) is 4.44. The molecule has 2 heterocycles. The Morgan fingerprint density at radius 1 is 1.40 bits per heavy atom. The van der Waals surface area contributed by atoms with Gasteiger partial charge in [0.1, 0.15) is 17.5 Å². The number of hydrogen-bond donors (Lipinski definition) is 1. The fourth-order valence-corrected chi connectivity index (χ4v) is 3.15. The number of ether oxygens (including phenoxy) is 1. The Hall–Kier alpha value is -2.91. The summed E-state index contributed by atoms with van der Waals surface area (Å²) in [7, 11) is 1.59. The Labute approximate surface area is 146 Å². The smallest absolute Gasteiger partial charge is 0.273 e. The van der Waals surface area contributed by atoms with Crippen molar-refractivity contribution in [3.05, 3.63) is 58.9 Å². The third kappa shape index (κ3) is 3.32. The van der Waals surface area contributed by atoms with Crippen LogP contribution in [0.15, 0.2) is 36.4 Å². The first-order valence-electron chi connectivity index (χ1n) is 8.04. The van der Waals surface area contributed by atoms with Gasteiger partial charge >= 0.3 is 0 Å². The first kappa shape index (κ1) is 16.9. The van der Waals surface area contributed by atoms with Crippen LogP contribution in [0, 0.1) is 18.3 Å². The summed E-state index contributed by atoms with van der Waals surface area (Å²) in [5.74, 6) is 0.454. The number of benzene rings is 1. The summed E-state index contributed by atoms with van der Waals surface area (Å²) >= 11 is 0. The second-order valence-electron chi connectivity index (χ2n) is 6.08. The quantitative estimate of drug-likeness (QED) is 0.928. The molecule has 25 heavy (non-hydrogen) atoms. The molecule has 0 bridgehead atoms. The molecular weight excluding hydrogens is 318 g/mol. The van der Waals surface area contributed by atoms with Gasteiger partial charge in [0, 0.05) is 6.54 Å². The Morgan fingerprint density at radius 2 is 2.20 bits per heavy atom. The predicted octanol–water partition coefficient (Wildman–Crippen LogP) is 2.22. The average Bonchev–Trinajstić information content (AvgIpc) is 3.02. The summed E-state index contributed by atoms with van der Waals surface area (Å²) in [6.07, 6.45) is -0.117. The number of carbonyl (C=O) groups excluding carboxylic acids is 1. The number of hydrogen-bond acceptors (Lipinski definition) is 5. The van der Waals surface area contributed by atoms with Gasteiger partial charge in [-0.15, -0.1) is 0 Å². The van der Waals surface area contributed by atoms with Crippen LogP contribution >= 0.6 is 0 Å². The molecule has 0 radical (unpaired) electrons. The number of likely N-dealkylation sites (tertiary alicyclic amines) is 1. The molecule has 2 atom stereocenters. The fraction of sp³-hybridized carbons (Fsp3) is 0.316. The number of pyridine rings is 1. The van der Waals surface area contributed by atoms with Crippen molar-refractivity contribution in [3.8, 4) is 11.8 Å². The highest BCUT2D eigenvalue weighted by atomic mass is 16.5. The molecule has 1 saturated heterocycles. The van der Waals surface area contributed by atoms with E-state index in [1.807, 2.05) is 30.3 Å². The molecule has 1 N–H and O–H groups in total. The van der Waals surface area contributed by atoms with E-state index in [-0.39, 0.29) is 24.2 Å². The second kappa shape index (κ2) is 6.91. The predicted molar refractivity (Wildman–Crippen MR) is 91.1 cm³/mol. The van der Waals surface area contributed by atoms with Crippen LogP contribution in [0.5, 0.6) is 5.75 Å². The fourth-order valence-electron chi connectivity index (χ4n) is 3.15. The van der Waals surface area contributed by atoms with Crippen LogP contribution in [-0.4, -0.2) is 40.7 Å². The van der Waals surface area contributed by atoms with Crippen LogP contribution < -0.4 is 4.74 Å². The van der Waals surface area contributed by atoms with E-state index in [0.29, 0.717) is 23.4 Å². The van der Waals surface area contributed by atoms with E-state index in [4.69, 9.17) is 10.00 Å². The molecule has 1 aliphatic rings. The van der Waals surface area contributed by atoms with Gasteiger partial charge in [-0.2, -0.15) is 5.26 Å². The average molecular weight is 337 g/mol. The minimum Gasteiger partial charge on any atom is -0.497 e. The molecule has 0 aliphatic carbocycles. The number of amides is 1. The summed E-state index contributed by atoms with van der Waals surface area (Å²) < 4.78 is 5.25. The molecule has 3 rings (SSSR count). The maximum Gasteiger partial charge on any atom is 0.273 e. The van der Waals surface area contributed by atoms with E-state index in [2.05, 4.69) is 4.98 Å². The SMILES string of the molecule is COc1cccc([C@H]2C[C@H](O)CN2C(=O)c2ccc(C#N)c(C)n2)c1. The van der Waals surface area contributed by atoms with E-state index < -0.39 is 6.10 Å². The Balaban J connectivity index is 1.92. The van der Waals surface area contributed by atoms with Crippen molar-refractivity contribution in [1.82, 2.24) is 9.88 Å². The van der Waals surface area contributed by atoms with Gasteiger partial charge in [0.15, 0.2) is 0 Å². The zero-order valence-electron chi connectivity index (χ0n) is 14.1. The number of aliphatic hydroxyl groups is 1. The highest BCUT2D eigenvalue weighted by Gasteiger charge is 2.36. The van der Waals surface area contributed by atoms with Gasteiger partial charge in [-0.05, 0) is 43.2 Å². The van der Waals surface area contributed by atoms with Crippen LogP contribution in [-0.2, 0) is 0 Å². The number of rotatable bonds is 3. The minimum atomic E-state index is -0.584. The lowest BCUT2D eigenvalue weighted by atomic mass is 10.0. The van der Waals surface area contributed by atoms with Crippen LogP contribution in [0.25, 0.3) is 0 Å². The number of aromatic nitrogens is 1. The molecule has 0 saturated carbocycles. The number of aryl methyl sites for hydroxylation is 1. The Morgan fingerprint density at radius 3 is 2.88 bits per heavy atom. The molecule has 2 aromatic rings. The monoisotopic (exact) mass is 337 g/mol. The lowest BCUT2D eigenvalue weighted by Gasteiger charge is -2.25. The van der Waals surface area contributed by atoms with E-state index in [9.17, 15) is 9.90 Å².